The average molecular weight is 429 g/mol. The second kappa shape index (κ2) is 8.24. The van der Waals surface area contributed by atoms with E-state index in [1.54, 1.807) is 12.1 Å². The number of para-hydroxylation sites is 1. The minimum Gasteiger partial charge on any atom is -0.490 e. The van der Waals surface area contributed by atoms with Gasteiger partial charge in [-0.25, -0.2) is 4.39 Å². The number of hydrogen-bond acceptors (Lipinski definition) is 3. The van der Waals surface area contributed by atoms with Crippen LogP contribution in [0.15, 0.2) is 90.5 Å². The van der Waals surface area contributed by atoms with E-state index in [-0.39, 0.29) is 18.3 Å². The van der Waals surface area contributed by atoms with E-state index in [9.17, 15) is 9.18 Å². The van der Waals surface area contributed by atoms with Gasteiger partial charge < -0.3 is 14.4 Å². The molecule has 2 aliphatic heterocycles. The Morgan fingerprint density at radius 2 is 1.84 bits per heavy atom. The number of carbonyl (C=O) groups is 1. The summed E-state index contributed by atoms with van der Waals surface area (Å²) in [6.07, 6.45) is 2.05. The van der Waals surface area contributed by atoms with E-state index < -0.39 is 11.7 Å². The van der Waals surface area contributed by atoms with E-state index in [0.29, 0.717) is 18.7 Å². The van der Waals surface area contributed by atoms with E-state index in [4.69, 9.17) is 9.47 Å². The molecule has 0 fully saturated rings. The Bertz CT molecular complexity index is 1180. The lowest BCUT2D eigenvalue weighted by atomic mass is 9.85. The first kappa shape index (κ1) is 20.5. The van der Waals surface area contributed by atoms with Crippen molar-refractivity contribution in [2.45, 2.75) is 31.6 Å². The minimum atomic E-state index is -1.08. The van der Waals surface area contributed by atoms with Gasteiger partial charge in [-0.2, -0.15) is 0 Å². The molecule has 3 aromatic carbocycles. The van der Waals surface area contributed by atoms with Crippen molar-refractivity contribution in [2.75, 3.05) is 11.5 Å². The summed E-state index contributed by atoms with van der Waals surface area (Å²) < 4.78 is 25.8. The predicted molar refractivity (Wildman–Crippen MR) is 121 cm³/mol. The van der Waals surface area contributed by atoms with Crippen molar-refractivity contribution in [3.05, 3.63) is 107 Å². The lowest BCUT2D eigenvalue weighted by molar-refractivity contribution is -0.153. The zero-order valence-electron chi connectivity index (χ0n) is 17.8. The molecule has 162 valence electrons. The van der Waals surface area contributed by atoms with Gasteiger partial charge in [-0.1, -0.05) is 66.2 Å². The van der Waals surface area contributed by atoms with Gasteiger partial charge >= 0.3 is 0 Å². The van der Waals surface area contributed by atoms with Crippen LogP contribution in [0.25, 0.3) is 0 Å². The number of ether oxygens (including phenoxy) is 2. The third kappa shape index (κ3) is 3.69. The fraction of sp³-hybridized carbons (Fsp3) is 0.222. The fourth-order valence-electron chi connectivity index (χ4n) is 4.62. The summed E-state index contributed by atoms with van der Waals surface area (Å²) in [5.41, 5.74) is 2.79. The second-order valence-corrected chi connectivity index (χ2v) is 8.34. The molecule has 2 atom stereocenters. The lowest BCUT2D eigenvalue weighted by Crippen LogP contribution is -2.47. The van der Waals surface area contributed by atoms with E-state index in [2.05, 4.69) is 0 Å². The van der Waals surface area contributed by atoms with E-state index in [1.165, 1.54) is 12.1 Å². The molecule has 0 unspecified atom stereocenters. The second-order valence-electron chi connectivity index (χ2n) is 8.34. The Kier molecular flexibility index (Phi) is 5.27. The smallest absolute Gasteiger partial charge is 0.264 e. The number of fused-ring (bicyclic) bond motifs is 2. The van der Waals surface area contributed by atoms with Gasteiger partial charge in [0.05, 0.1) is 12.2 Å². The molecule has 5 rings (SSSR count). The summed E-state index contributed by atoms with van der Waals surface area (Å²) in [6, 6.07) is 23.8. The van der Waals surface area contributed by atoms with E-state index in [1.807, 2.05) is 72.5 Å². The Labute approximate surface area is 186 Å². The van der Waals surface area contributed by atoms with Crippen LogP contribution in [0.3, 0.4) is 0 Å². The molecular formula is C27H24FNO3. The third-order valence-corrected chi connectivity index (χ3v) is 5.97. The number of nitrogens with zero attached hydrogens (tertiary/aromatic N) is 1. The molecule has 4 nitrogen and oxygen atoms in total. The minimum absolute atomic E-state index is 0.0641. The van der Waals surface area contributed by atoms with Gasteiger partial charge in [0.2, 0.25) is 0 Å². The Morgan fingerprint density at radius 1 is 1.06 bits per heavy atom. The summed E-state index contributed by atoms with van der Waals surface area (Å²) in [5, 5.41) is 0. The number of halogens is 1. The van der Waals surface area contributed by atoms with Gasteiger partial charge in [0.1, 0.15) is 24.3 Å². The zero-order valence-corrected chi connectivity index (χ0v) is 17.8. The summed E-state index contributed by atoms with van der Waals surface area (Å²) in [6.45, 7) is 2.68. The van der Waals surface area contributed by atoms with E-state index >= 15 is 0 Å². The Morgan fingerprint density at radius 3 is 2.66 bits per heavy atom. The molecule has 2 aliphatic rings. The molecule has 1 amide bonds. The fourth-order valence-corrected chi connectivity index (χ4v) is 4.62. The first-order valence-corrected chi connectivity index (χ1v) is 10.7. The van der Waals surface area contributed by atoms with Gasteiger partial charge in [-0.3, -0.25) is 4.79 Å². The van der Waals surface area contributed by atoms with Crippen LogP contribution in [-0.2, 0) is 21.7 Å². The molecule has 0 saturated heterocycles. The van der Waals surface area contributed by atoms with Crippen LogP contribution < -0.4 is 9.64 Å². The average Bonchev–Trinajstić information content (AvgIpc) is 3.01. The first-order valence-electron chi connectivity index (χ1n) is 10.7. The summed E-state index contributed by atoms with van der Waals surface area (Å²) >= 11 is 0. The molecule has 2 heterocycles. The molecule has 5 heteroatoms. The van der Waals surface area contributed by atoms with Crippen LogP contribution in [0.2, 0.25) is 0 Å². The first-order chi connectivity index (χ1) is 15.5. The third-order valence-electron chi connectivity index (χ3n) is 5.97. The maximum absolute atomic E-state index is 13.8. The van der Waals surface area contributed by atoms with Crippen molar-refractivity contribution in [1.29, 1.82) is 0 Å². The number of amides is 1. The molecule has 0 radical (unpaired) electrons. The Balaban J connectivity index is 1.44. The van der Waals surface area contributed by atoms with Crippen molar-refractivity contribution in [2.24, 2.45) is 0 Å². The van der Waals surface area contributed by atoms with E-state index in [0.717, 1.165) is 22.4 Å². The van der Waals surface area contributed by atoms with Crippen molar-refractivity contribution < 1.29 is 18.7 Å². The largest absolute Gasteiger partial charge is 0.490 e. The standard InChI is InChI=1S/C27H24FNO3/c1-19-14-23(18-31-22-11-7-10-21(28)15-22)32-27(16-19)24-12-5-6-13-25(24)29(26(27)30)17-20-8-3-2-4-9-20/h2-15,23H,16-18H2,1H3/t23-,27+/m0/s1. The molecule has 3 aromatic rings. The summed E-state index contributed by atoms with van der Waals surface area (Å²) in [7, 11) is 0. The predicted octanol–water partition coefficient (Wildman–Crippen LogP) is 5.38. The zero-order chi connectivity index (χ0) is 22.1. The maximum Gasteiger partial charge on any atom is 0.264 e. The lowest BCUT2D eigenvalue weighted by Gasteiger charge is -2.36. The quantitative estimate of drug-likeness (QED) is 0.511. The van der Waals surface area contributed by atoms with Crippen molar-refractivity contribution in [3.63, 3.8) is 0 Å². The molecule has 0 bridgehead atoms. The number of hydrogen-bond donors (Lipinski definition) is 0. The molecule has 0 N–H and O–H groups in total. The molecular weight excluding hydrogens is 405 g/mol. The van der Waals surface area contributed by atoms with Crippen LogP contribution in [0.5, 0.6) is 5.75 Å². The highest BCUT2D eigenvalue weighted by atomic mass is 19.1. The normalized spacial score (nSPS) is 22.1. The van der Waals surface area contributed by atoms with Crippen LogP contribution in [0, 0.1) is 5.82 Å². The number of benzene rings is 3. The summed E-state index contributed by atoms with van der Waals surface area (Å²) in [4.78, 5) is 15.7. The van der Waals surface area contributed by atoms with Crippen molar-refractivity contribution in [1.82, 2.24) is 0 Å². The highest BCUT2D eigenvalue weighted by Gasteiger charge is 2.54. The monoisotopic (exact) mass is 429 g/mol. The van der Waals surface area contributed by atoms with Gasteiger partial charge in [0.15, 0.2) is 5.60 Å². The molecule has 1 spiro atoms. The SMILES string of the molecule is CC1=C[C@@H](COc2cccc(F)c2)O[C@@]2(C1)C(=O)N(Cc1ccccc1)c1ccccc12. The highest BCUT2D eigenvalue weighted by Crippen LogP contribution is 2.49. The van der Waals surface area contributed by atoms with Crippen LogP contribution in [-0.4, -0.2) is 18.6 Å². The number of carbonyl (C=O) groups excluding carboxylic acids is 1. The molecule has 0 saturated carbocycles. The topological polar surface area (TPSA) is 38.8 Å². The van der Waals surface area contributed by atoms with Crippen molar-refractivity contribution >= 4 is 11.6 Å². The van der Waals surface area contributed by atoms with Crippen molar-refractivity contribution in [3.8, 4) is 5.75 Å². The van der Waals surface area contributed by atoms with Gasteiger partial charge in [-0.05, 0) is 30.7 Å². The Hall–Kier alpha value is -3.44. The molecule has 0 aromatic heterocycles. The number of rotatable bonds is 5. The molecule has 0 aliphatic carbocycles. The highest BCUT2D eigenvalue weighted by molar-refractivity contribution is 6.07. The maximum atomic E-state index is 13.8. The summed E-state index contributed by atoms with van der Waals surface area (Å²) in [5.74, 6) is 0.0144. The van der Waals surface area contributed by atoms with Gasteiger partial charge in [-0.15, -0.1) is 0 Å². The van der Waals surface area contributed by atoms with Crippen LogP contribution >= 0.6 is 0 Å². The van der Waals surface area contributed by atoms with Crippen LogP contribution in [0.1, 0.15) is 24.5 Å². The van der Waals surface area contributed by atoms with Crippen LogP contribution in [0.4, 0.5) is 10.1 Å². The molecule has 32 heavy (non-hydrogen) atoms. The van der Waals surface area contributed by atoms with Gasteiger partial charge in [0.25, 0.3) is 5.91 Å². The van der Waals surface area contributed by atoms with Gasteiger partial charge in [0, 0.05) is 18.1 Å². The number of anilines is 1.